The maximum absolute atomic E-state index is 15.6. The molecule has 6 rings (SSSR count). The molecule has 2 aromatic carbocycles. The molecule has 0 unspecified atom stereocenters. The molecule has 1 aromatic heterocycles. The van der Waals surface area contributed by atoms with Gasteiger partial charge in [-0.05, 0) is 38.7 Å². The Labute approximate surface area is 248 Å². The number of amides is 1. The molecular formula is C30H30F3N3O8. The Morgan fingerprint density at radius 3 is 2.50 bits per heavy atom. The molecule has 3 aliphatic heterocycles. The summed E-state index contributed by atoms with van der Waals surface area (Å²) < 4.78 is 57.4. The van der Waals surface area contributed by atoms with Gasteiger partial charge in [0.2, 0.25) is 5.43 Å². The van der Waals surface area contributed by atoms with Crippen LogP contribution in [0.15, 0.2) is 29.2 Å². The van der Waals surface area contributed by atoms with Crippen molar-refractivity contribution < 1.29 is 47.6 Å². The van der Waals surface area contributed by atoms with Crippen molar-refractivity contribution in [3.8, 4) is 5.75 Å². The standard InChI is InChI=1S/C30H30F3N3O8/c1-15-2-3-17-25-18(27(38)19(28(39)40)12-35(15)25)8-22(33)26(17)34-6-4-30(42,5-7-34)14-43-24-10-20(31)23(9-21(24)32)36-11-16(13-37)44-29(36)41/h8-10,12,15-16,37,42H,2-7,11,13-14H2,1H3,(H,39,40)/t15-,16+/m0/s1. The Kier molecular flexibility index (Phi) is 7.44. The fourth-order valence-corrected chi connectivity index (χ4v) is 6.28. The van der Waals surface area contributed by atoms with E-state index in [0.29, 0.717) is 23.9 Å². The van der Waals surface area contributed by atoms with E-state index >= 15 is 4.39 Å². The molecule has 2 saturated heterocycles. The van der Waals surface area contributed by atoms with E-state index in [-0.39, 0.29) is 61.9 Å². The lowest BCUT2D eigenvalue weighted by atomic mass is 9.89. The first-order chi connectivity index (χ1) is 20.9. The van der Waals surface area contributed by atoms with Gasteiger partial charge in [-0.1, -0.05) is 0 Å². The van der Waals surface area contributed by atoms with E-state index in [1.165, 1.54) is 6.20 Å². The molecule has 2 fully saturated rings. The SMILES string of the molecule is C[C@H]1CCc2c(N3CCC(O)(COc4cc(F)c(N5C[C@H](CO)OC5=O)cc4F)CC3)c(F)cc3c(=O)c(C(=O)O)cn1c23. The summed E-state index contributed by atoms with van der Waals surface area (Å²) in [7, 11) is 0. The van der Waals surface area contributed by atoms with Crippen LogP contribution in [0.2, 0.25) is 0 Å². The van der Waals surface area contributed by atoms with Crippen LogP contribution >= 0.6 is 0 Å². The predicted octanol–water partition coefficient (Wildman–Crippen LogP) is 3.35. The minimum absolute atomic E-state index is 0.00438. The van der Waals surface area contributed by atoms with Crippen molar-refractivity contribution in [2.45, 2.75) is 50.4 Å². The number of carboxylic acid groups (broad SMARTS) is 1. The highest BCUT2D eigenvalue weighted by Crippen LogP contribution is 2.40. The second-order valence-electron chi connectivity index (χ2n) is 11.6. The Morgan fingerprint density at radius 2 is 1.84 bits per heavy atom. The summed E-state index contributed by atoms with van der Waals surface area (Å²) in [6.45, 7) is 1.30. The van der Waals surface area contributed by atoms with Gasteiger partial charge in [0.25, 0.3) is 0 Å². The van der Waals surface area contributed by atoms with Crippen molar-refractivity contribution in [3.05, 3.63) is 63.2 Å². The number of carboxylic acids is 1. The number of ether oxygens (including phenoxy) is 2. The van der Waals surface area contributed by atoms with Gasteiger partial charge in [-0.2, -0.15) is 0 Å². The van der Waals surface area contributed by atoms with Gasteiger partial charge in [-0.25, -0.2) is 22.8 Å². The molecule has 0 aliphatic carbocycles. The lowest BCUT2D eigenvalue weighted by Crippen LogP contribution is -2.48. The second kappa shape index (κ2) is 11.0. The number of anilines is 2. The van der Waals surface area contributed by atoms with Crippen LogP contribution in [-0.2, 0) is 11.2 Å². The van der Waals surface area contributed by atoms with Gasteiger partial charge in [0.05, 0.1) is 30.0 Å². The number of aryl methyl sites for hydroxylation is 1. The molecule has 1 amide bonds. The molecule has 234 valence electrons. The zero-order valence-corrected chi connectivity index (χ0v) is 23.7. The molecule has 0 bridgehead atoms. The van der Waals surface area contributed by atoms with Crippen molar-refractivity contribution >= 4 is 34.3 Å². The van der Waals surface area contributed by atoms with Crippen molar-refractivity contribution in [1.29, 1.82) is 0 Å². The maximum Gasteiger partial charge on any atom is 0.414 e. The predicted molar refractivity (Wildman–Crippen MR) is 151 cm³/mol. The number of nitrogens with zero attached hydrogens (tertiary/aromatic N) is 3. The number of carbonyl (C=O) groups excluding carboxylic acids is 1. The molecule has 2 atom stereocenters. The van der Waals surface area contributed by atoms with E-state index in [1.54, 1.807) is 9.47 Å². The average molecular weight is 618 g/mol. The largest absolute Gasteiger partial charge is 0.487 e. The molecule has 3 aromatic rings. The van der Waals surface area contributed by atoms with E-state index < -0.39 is 64.6 Å². The summed E-state index contributed by atoms with van der Waals surface area (Å²) in [6.07, 6.45) is 0.819. The molecule has 4 heterocycles. The third-order valence-electron chi connectivity index (χ3n) is 8.73. The molecule has 0 saturated carbocycles. The Balaban J connectivity index is 1.19. The molecule has 14 heteroatoms. The molecule has 0 spiro atoms. The number of aliphatic hydroxyl groups excluding tert-OH is 1. The summed E-state index contributed by atoms with van der Waals surface area (Å²) in [6, 6.07) is 2.53. The summed E-state index contributed by atoms with van der Waals surface area (Å²) >= 11 is 0. The number of benzene rings is 2. The van der Waals surface area contributed by atoms with Gasteiger partial charge < -0.3 is 34.3 Å². The summed E-state index contributed by atoms with van der Waals surface area (Å²) in [4.78, 5) is 39.2. The number of hydrogen-bond donors (Lipinski definition) is 3. The van der Waals surface area contributed by atoms with Crippen LogP contribution < -0.4 is 20.0 Å². The normalized spacial score (nSPS) is 21.1. The summed E-state index contributed by atoms with van der Waals surface area (Å²) in [5.74, 6) is -4.44. The maximum atomic E-state index is 15.6. The first kappa shape index (κ1) is 29.8. The minimum Gasteiger partial charge on any atom is -0.487 e. The van der Waals surface area contributed by atoms with E-state index in [9.17, 15) is 38.5 Å². The highest BCUT2D eigenvalue weighted by molar-refractivity contribution is 5.95. The molecule has 3 aliphatic rings. The molecule has 0 radical (unpaired) electrons. The van der Waals surface area contributed by atoms with Crippen LogP contribution in [-0.4, -0.2) is 76.5 Å². The van der Waals surface area contributed by atoms with E-state index in [2.05, 4.69) is 0 Å². The number of aliphatic hydroxyl groups is 2. The van der Waals surface area contributed by atoms with Gasteiger partial charge >= 0.3 is 12.1 Å². The van der Waals surface area contributed by atoms with Gasteiger partial charge in [0.15, 0.2) is 17.4 Å². The number of halogens is 3. The van der Waals surface area contributed by atoms with Crippen molar-refractivity contribution in [1.82, 2.24) is 4.57 Å². The number of aromatic carboxylic acids is 1. The Bertz CT molecular complexity index is 1740. The van der Waals surface area contributed by atoms with Gasteiger partial charge in [0, 0.05) is 48.4 Å². The Hall–Kier alpha value is -4.30. The first-order valence-electron chi connectivity index (χ1n) is 14.2. The van der Waals surface area contributed by atoms with Crippen LogP contribution in [0, 0.1) is 17.5 Å². The summed E-state index contributed by atoms with van der Waals surface area (Å²) in [5, 5.41) is 29.9. The number of aromatic nitrogens is 1. The quantitative estimate of drug-likeness (QED) is 0.364. The number of carbonyl (C=O) groups is 2. The van der Waals surface area contributed by atoms with Gasteiger partial charge in [-0.15, -0.1) is 0 Å². The lowest BCUT2D eigenvalue weighted by molar-refractivity contribution is -0.0251. The van der Waals surface area contributed by atoms with Crippen LogP contribution in [0.5, 0.6) is 5.75 Å². The zero-order chi connectivity index (χ0) is 31.5. The fourth-order valence-electron chi connectivity index (χ4n) is 6.28. The Morgan fingerprint density at radius 1 is 1.11 bits per heavy atom. The van der Waals surface area contributed by atoms with Gasteiger partial charge in [0.1, 0.15) is 29.7 Å². The second-order valence-corrected chi connectivity index (χ2v) is 11.6. The number of hydrogen-bond acceptors (Lipinski definition) is 8. The monoisotopic (exact) mass is 617 g/mol. The highest BCUT2D eigenvalue weighted by atomic mass is 19.1. The molecular weight excluding hydrogens is 587 g/mol. The molecule has 11 nitrogen and oxygen atoms in total. The van der Waals surface area contributed by atoms with Crippen LogP contribution in [0.3, 0.4) is 0 Å². The first-order valence-corrected chi connectivity index (χ1v) is 14.2. The average Bonchev–Trinajstić information content (AvgIpc) is 3.37. The third kappa shape index (κ3) is 5.01. The van der Waals surface area contributed by atoms with Crippen LogP contribution in [0.25, 0.3) is 10.9 Å². The lowest BCUT2D eigenvalue weighted by Gasteiger charge is -2.40. The highest BCUT2D eigenvalue weighted by Gasteiger charge is 2.37. The number of pyridine rings is 1. The van der Waals surface area contributed by atoms with Crippen molar-refractivity contribution in [2.75, 3.05) is 42.6 Å². The summed E-state index contributed by atoms with van der Waals surface area (Å²) in [5.41, 5.74) is -1.61. The van der Waals surface area contributed by atoms with Gasteiger partial charge in [-0.3, -0.25) is 9.69 Å². The van der Waals surface area contributed by atoms with E-state index in [0.717, 1.165) is 23.1 Å². The van der Waals surface area contributed by atoms with Crippen LogP contribution in [0.4, 0.5) is 29.3 Å². The topological polar surface area (TPSA) is 142 Å². The molecule has 44 heavy (non-hydrogen) atoms. The minimum atomic E-state index is -1.44. The molecule has 3 N–H and O–H groups in total. The number of rotatable bonds is 7. The van der Waals surface area contributed by atoms with Crippen molar-refractivity contribution in [3.63, 3.8) is 0 Å². The third-order valence-corrected chi connectivity index (χ3v) is 8.73. The number of piperidine rings is 1. The van der Waals surface area contributed by atoms with E-state index in [1.807, 2.05) is 6.92 Å². The zero-order valence-electron chi connectivity index (χ0n) is 23.7. The fraction of sp³-hybridized carbons (Fsp3) is 0.433. The number of cyclic esters (lactones) is 1. The van der Waals surface area contributed by atoms with E-state index in [4.69, 9.17) is 9.47 Å². The van der Waals surface area contributed by atoms with Crippen molar-refractivity contribution in [2.24, 2.45) is 0 Å². The smallest absolute Gasteiger partial charge is 0.414 e. The van der Waals surface area contributed by atoms with Crippen LogP contribution in [0.1, 0.15) is 48.1 Å².